The van der Waals surface area contributed by atoms with Crippen LogP contribution in [-0.4, -0.2) is 37.6 Å². The van der Waals surface area contributed by atoms with Crippen LogP contribution in [0.1, 0.15) is 29.3 Å². The molecular weight excluding hydrogens is 350 g/mol. The first kappa shape index (κ1) is 18.3. The molecule has 136 valence electrons. The number of hydrogen-bond acceptors (Lipinski definition) is 3. The molecule has 26 heavy (non-hydrogen) atoms. The smallest absolute Gasteiger partial charge is 0.254 e. The van der Waals surface area contributed by atoms with E-state index in [1.807, 2.05) is 30.0 Å². The highest BCUT2D eigenvalue weighted by molar-refractivity contribution is 6.32. The lowest BCUT2D eigenvalue weighted by molar-refractivity contribution is 0.0772. The van der Waals surface area contributed by atoms with Gasteiger partial charge < -0.3 is 14.4 Å². The Morgan fingerprint density at radius 1 is 1.23 bits per heavy atom. The zero-order valence-electron chi connectivity index (χ0n) is 15.0. The first-order chi connectivity index (χ1) is 12.6. The van der Waals surface area contributed by atoms with Gasteiger partial charge in [0.25, 0.3) is 5.91 Å². The Bertz CT molecular complexity index is 818. The van der Waals surface area contributed by atoms with Gasteiger partial charge in [-0.15, -0.1) is 0 Å². The Kier molecular flexibility index (Phi) is 5.84. The third-order valence-corrected chi connectivity index (χ3v) is 4.69. The highest BCUT2D eigenvalue weighted by atomic mass is 35.5. The molecule has 2 aromatic carbocycles. The van der Waals surface area contributed by atoms with Crippen molar-refractivity contribution in [1.29, 1.82) is 0 Å². The maximum Gasteiger partial charge on any atom is 0.254 e. The monoisotopic (exact) mass is 371 g/mol. The van der Waals surface area contributed by atoms with Gasteiger partial charge >= 0.3 is 0 Å². The van der Waals surface area contributed by atoms with Crippen molar-refractivity contribution < 1.29 is 14.3 Å². The topological polar surface area (TPSA) is 38.8 Å². The molecule has 0 bridgehead atoms. The Hall–Kier alpha value is -2.46. The fraction of sp³-hybridized carbons (Fsp3) is 0.286. The van der Waals surface area contributed by atoms with E-state index in [-0.39, 0.29) is 5.91 Å². The van der Waals surface area contributed by atoms with E-state index in [4.69, 9.17) is 21.1 Å². The molecule has 0 spiro atoms. The molecule has 0 fully saturated rings. The van der Waals surface area contributed by atoms with Gasteiger partial charge in [-0.3, -0.25) is 4.79 Å². The van der Waals surface area contributed by atoms with Crippen LogP contribution in [0.25, 0.3) is 5.57 Å². The second kappa shape index (κ2) is 8.28. The fourth-order valence-electron chi connectivity index (χ4n) is 3.08. The Morgan fingerprint density at radius 3 is 2.62 bits per heavy atom. The minimum atomic E-state index is -0.0587. The number of ether oxygens (including phenoxy) is 2. The van der Waals surface area contributed by atoms with Gasteiger partial charge in [-0.25, -0.2) is 0 Å². The summed E-state index contributed by atoms with van der Waals surface area (Å²) < 4.78 is 10.9. The zero-order valence-corrected chi connectivity index (χ0v) is 15.8. The zero-order chi connectivity index (χ0) is 18.5. The number of carbonyl (C=O) groups excluding carboxylic acids is 1. The number of hydrogen-bond donors (Lipinski definition) is 0. The van der Waals surface area contributed by atoms with Crippen molar-refractivity contribution in [3.05, 3.63) is 64.7 Å². The van der Waals surface area contributed by atoms with Crippen LogP contribution in [0.2, 0.25) is 5.02 Å². The van der Waals surface area contributed by atoms with Gasteiger partial charge in [0, 0.05) is 18.7 Å². The SMILES string of the molecule is CCOc1c(Cl)cc(C(=O)N2CC=C(c3ccccc3)CC2)cc1OC. The lowest BCUT2D eigenvalue weighted by atomic mass is 9.99. The van der Waals surface area contributed by atoms with Crippen molar-refractivity contribution in [3.63, 3.8) is 0 Å². The van der Waals surface area contributed by atoms with Crippen molar-refractivity contribution in [2.45, 2.75) is 13.3 Å². The van der Waals surface area contributed by atoms with Crippen LogP contribution in [0.5, 0.6) is 11.5 Å². The average molecular weight is 372 g/mol. The molecule has 0 saturated heterocycles. The first-order valence-electron chi connectivity index (χ1n) is 8.68. The molecule has 0 aromatic heterocycles. The van der Waals surface area contributed by atoms with E-state index in [9.17, 15) is 4.79 Å². The molecule has 2 aromatic rings. The minimum Gasteiger partial charge on any atom is -0.493 e. The molecule has 3 rings (SSSR count). The van der Waals surface area contributed by atoms with Crippen LogP contribution in [0.4, 0.5) is 0 Å². The largest absolute Gasteiger partial charge is 0.493 e. The normalized spacial score (nSPS) is 14.0. The summed E-state index contributed by atoms with van der Waals surface area (Å²) in [5.41, 5.74) is 2.99. The van der Waals surface area contributed by atoms with E-state index < -0.39 is 0 Å². The summed E-state index contributed by atoms with van der Waals surface area (Å²) >= 11 is 6.29. The molecule has 4 nitrogen and oxygen atoms in total. The maximum atomic E-state index is 12.9. The molecule has 1 aliphatic heterocycles. The number of benzene rings is 2. The van der Waals surface area contributed by atoms with Gasteiger partial charge in [0.2, 0.25) is 0 Å². The maximum absolute atomic E-state index is 12.9. The third-order valence-electron chi connectivity index (χ3n) is 4.41. The summed E-state index contributed by atoms with van der Waals surface area (Å²) in [6, 6.07) is 13.6. The molecule has 1 heterocycles. The molecule has 0 aliphatic carbocycles. The second-order valence-corrected chi connectivity index (χ2v) is 6.43. The van der Waals surface area contributed by atoms with E-state index in [1.54, 1.807) is 12.1 Å². The summed E-state index contributed by atoms with van der Waals surface area (Å²) in [5.74, 6) is 0.884. The van der Waals surface area contributed by atoms with E-state index in [2.05, 4.69) is 18.2 Å². The van der Waals surface area contributed by atoms with Crippen LogP contribution < -0.4 is 9.47 Å². The molecule has 0 N–H and O–H groups in total. The van der Waals surface area contributed by atoms with Crippen LogP contribution in [-0.2, 0) is 0 Å². The number of rotatable bonds is 5. The molecule has 5 heteroatoms. The fourth-order valence-corrected chi connectivity index (χ4v) is 3.34. The first-order valence-corrected chi connectivity index (χ1v) is 9.06. The summed E-state index contributed by atoms with van der Waals surface area (Å²) in [7, 11) is 1.54. The van der Waals surface area contributed by atoms with Gasteiger partial charge in [-0.05, 0) is 36.6 Å². The number of methoxy groups -OCH3 is 1. The van der Waals surface area contributed by atoms with Gasteiger partial charge in [0.1, 0.15) is 0 Å². The average Bonchev–Trinajstić information content (AvgIpc) is 2.69. The second-order valence-electron chi connectivity index (χ2n) is 6.02. The molecule has 1 amide bonds. The summed E-state index contributed by atoms with van der Waals surface area (Å²) in [6.45, 7) is 3.60. The number of amides is 1. The van der Waals surface area contributed by atoms with Crippen LogP contribution in [0.3, 0.4) is 0 Å². The Labute approximate surface area is 159 Å². The van der Waals surface area contributed by atoms with Gasteiger partial charge in [-0.2, -0.15) is 0 Å². The van der Waals surface area contributed by atoms with Crippen molar-refractivity contribution in [2.24, 2.45) is 0 Å². The molecule has 0 unspecified atom stereocenters. The van der Waals surface area contributed by atoms with Crippen molar-refractivity contribution in [2.75, 3.05) is 26.8 Å². The number of nitrogens with zero attached hydrogens (tertiary/aromatic N) is 1. The quantitative estimate of drug-likeness (QED) is 0.766. The van der Waals surface area contributed by atoms with Crippen molar-refractivity contribution in [1.82, 2.24) is 4.90 Å². The molecule has 0 saturated carbocycles. The van der Waals surface area contributed by atoms with E-state index in [1.165, 1.54) is 18.2 Å². The molecule has 0 radical (unpaired) electrons. The molecular formula is C21H22ClNO3. The Morgan fingerprint density at radius 2 is 2.00 bits per heavy atom. The van der Waals surface area contributed by atoms with E-state index >= 15 is 0 Å². The highest BCUT2D eigenvalue weighted by Gasteiger charge is 2.22. The van der Waals surface area contributed by atoms with Gasteiger partial charge in [-0.1, -0.05) is 48.0 Å². The van der Waals surface area contributed by atoms with E-state index in [0.717, 1.165) is 6.42 Å². The van der Waals surface area contributed by atoms with Crippen LogP contribution in [0.15, 0.2) is 48.5 Å². The minimum absolute atomic E-state index is 0.0587. The highest BCUT2D eigenvalue weighted by Crippen LogP contribution is 2.37. The Balaban J connectivity index is 1.78. The van der Waals surface area contributed by atoms with Gasteiger partial charge in [0.05, 0.1) is 18.7 Å². The standard InChI is InChI=1S/C21H22ClNO3/c1-3-26-20-18(22)13-17(14-19(20)25-2)21(24)23-11-9-16(10-12-23)15-7-5-4-6-8-15/h4-9,13-14H,3,10-12H2,1-2H3. The third kappa shape index (κ3) is 3.86. The molecule has 1 aliphatic rings. The summed E-state index contributed by atoms with van der Waals surface area (Å²) in [5, 5.41) is 0.382. The lowest BCUT2D eigenvalue weighted by Gasteiger charge is -2.27. The lowest BCUT2D eigenvalue weighted by Crippen LogP contribution is -2.34. The van der Waals surface area contributed by atoms with Crippen LogP contribution >= 0.6 is 11.6 Å². The van der Waals surface area contributed by atoms with Crippen molar-refractivity contribution in [3.8, 4) is 11.5 Å². The van der Waals surface area contributed by atoms with Gasteiger partial charge in [0.15, 0.2) is 11.5 Å². The predicted molar refractivity (Wildman–Crippen MR) is 104 cm³/mol. The number of halogens is 1. The molecule has 0 atom stereocenters. The predicted octanol–water partition coefficient (Wildman–Crippen LogP) is 4.68. The van der Waals surface area contributed by atoms with Crippen molar-refractivity contribution >= 4 is 23.1 Å². The summed E-state index contributed by atoms with van der Waals surface area (Å²) in [6.07, 6.45) is 2.95. The van der Waals surface area contributed by atoms with E-state index in [0.29, 0.717) is 41.8 Å². The summed E-state index contributed by atoms with van der Waals surface area (Å²) in [4.78, 5) is 14.7. The number of carbonyl (C=O) groups is 1. The van der Waals surface area contributed by atoms with Crippen LogP contribution in [0, 0.1) is 0 Å².